The van der Waals surface area contributed by atoms with Crippen LogP contribution in [-0.4, -0.2) is 38.7 Å². The van der Waals surface area contributed by atoms with E-state index >= 15 is 0 Å². The van der Waals surface area contributed by atoms with E-state index in [-0.39, 0.29) is 36.1 Å². The number of carbonyl (C=O) groups excluding carboxylic acids is 3. The van der Waals surface area contributed by atoms with Gasteiger partial charge in [0.25, 0.3) is 0 Å². The van der Waals surface area contributed by atoms with E-state index in [1.165, 1.54) is 0 Å². The van der Waals surface area contributed by atoms with Crippen LogP contribution in [0.1, 0.15) is 43.1 Å². The SMILES string of the molecule is Cn1ccnc1[C@H](NC(=O)CN1C(=O)[C@H]2CCCC[C@@H]2C1=O)c1ccccc1. The molecule has 7 nitrogen and oxygen atoms in total. The number of imidazole rings is 1. The number of rotatable bonds is 5. The summed E-state index contributed by atoms with van der Waals surface area (Å²) in [5, 5.41) is 2.96. The third kappa shape index (κ3) is 3.32. The standard InChI is InChI=1S/C21H24N4O3/c1-24-12-11-22-19(24)18(14-7-3-2-4-8-14)23-17(26)13-25-20(27)15-9-5-6-10-16(15)21(25)28/h2-4,7-8,11-12,15-16,18H,5-6,9-10,13H2,1H3,(H,23,26)/t15-,16-,18+/m0/s1. The van der Waals surface area contributed by atoms with E-state index in [1.54, 1.807) is 6.20 Å². The van der Waals surface area contributed by atoms with Gasteiger partial charge in [0.15, 0.2) is 0 Å². The Morgan fingerprint density at radius 3 is 2.36 bits per heavy atom. The van der Waals surface area contributed by atoms with Gasteiger partial charge in [-0.25, -0.2) is 4.98 Å². The number of hydrogen-bond acceptors (Lipinski definition) is 4. The summed E-state index contributed by atoms with van der Waals surface area (Å²) in [4.78, 5) is 43.6. The number of benzene rings is 1. The normalized spacial score (nSPS) is 22.8. The van der Waals surface area contributed by atoms with Gasteiger partial charge in [0, 0.05) is 19.4 Å². The Morgan fingerprint density at radius 2 is 1.79 bits per heavy atom. The highest BCUT2D eigenvalue weighted by Gasteiger charge is 2.48. The number of aryl methyl sites for hydroxylation is 1. The van der Waals surface area contributed by atoms with Crippen LogP contribution in [0.15, 0.2) is 42.7 Å². The van der Waals surface area contributed by atoms with Crippen molar-refractivity contribution in [1.29, 1.82) is 0 Å². The average Bonchev–Trinajstić information content (AvgIpc) is 3.24. The number of amides is 3. The monoisotopic (exact) mass is 380 g/mol. The van der Waals surface area contributed by atoms with Crippen LogP contribution < -0.4 is 5.32 Å². The molecule has 146 valence electrons. The first kappa shape index (κ1) is 18.4. The Morgan fingerprint density at radius 1 is 1.14 bits per heavy atom. The molecule has 4 rings (SSSR count). The predicted molar refractivity (Wildman–Crippen MR) is 102 cm³/mol. The first-order valence-corrected chi connectivity index (χ1v) is 9.73. The van der Waals surface area contributed by atoms with Crippen molar-refractivity contribution in [2.24, 2.45) is 18.9 Å². The summed E-state index contributed by atoms with van der Waals surface area (Å²) in [5.74, 6) is -0.553. The van der Waals surface area contributed by atoms with E-state index in [0.29, 0.717) is 5.82 Å². The maximum atomic E-state index is 12.8. The topological polar surface area (TPSA) is 84.3 Å². The third-order valence-electron chi connectivity index (χ3n) is 5.79. The minimum Gasteiger partial charge on any atom is -0.341 e. The molecule has 1 saturated heterocycles. The molecule has 0 radical (unpaired) electrons. The van der Waals surface area contributed by atoms with Crippen molar-refractivity contribution in [3.63, 3.8) is 0 Å². The average molecular weight is 380 g/mol. The van der Waals surface area contributed by atoms with Gasteiger partial charge in [-0.3, -0.25) is 19.3 Å². The second-order valence-electron chi connectivity index (χ2n) is 7.57. The van der Waals surface area contributed by atoms with Crippen molar-refractivity contribution < 1.29 is 14.4 Å². The second kappa shape index (κ2) is 7.58. The molecule has 3 amide bonds. The van der Waals surface area contributed by atoms with Gasteiger partial charge in [-0.15, -0.1) is 0 Å². The number of nitrogens with zero attached hydrogens (tertiary/aromatic N) is 3. The molecule has 1 N–H and O–H groups in total. The number of hydrogen-bond donors (Lipinski definition) is 1. The van der Waals surface area contributed by atoms with E-state index < -0.39 is 6.04 Å². The van der Waals surface area contributed by atoms with Gasteiger partial charge in [-0.2, -0.15) is 0 Å². The molecular weight excluding hydrogens is 356 g/mol. The lowest BCUT2D eigenvalue weighted by atomic mass is 9.81. The van der Waals surface area contributed by atoms with Crippen molar-refractivity contribution in [3.05, 3.63) is 54.1 Å². The van der Waals surface area contributed by atoms with Gasteiger partial charge >= 0.3 is 0 Å². The summed E-state index contributed by atoms with van der Waals surface area (Å²) >= 11 is 0. The molecule has 2 heterocycles. The molecule has 1 aliphatic heterocycles. The molecule has 3 atom stereocenters. The fourth-order valence-corrected chi connectivity index (χ4v) is 4.33. The summed E-state index contributed by atoms with van der Waals surface area (Å²) in [7, 11) is 1.86. The molecule has 0 spiro atoms. The van der Waals surface area contributed by atoms with Crippen LogP contribution in [0.5, 0.6) is 0 Å². The first-order chi connectivity index (χ1) is 13.6. The van der Waals surface area contributed by atoms with Crippen molar-refractivity contribution >= 4 is 17.7 Å². The molecule has 0 unspecified atom stereocenters. The van der Waals surface area contributed by atoms with Gasteiger partial charge in [0.2, 0.25) is 17.7 Å². The zero-order valence-corrected chi connectivity index (χ0v) is 15.9. The Kier molecular flexibility index (Phi) is 4.98. The molecule has 2 fully saturated rings. The number of nitrogens with one attached hydrogen (secondary N) is 1. The molecule has 1 aromatic heterocycles. The quantitative estimate of drug-likeness (QED) is 0.802. The van der Waals surface area contributed by atoms with Crippen LogP contribution >= 0.6 is 0 Å². The van der Waals surface area contributed by atoms with Gasteiger partial charge in [-0.05, 0) is 18.4 Å². The van der Waals surface area contributed by atoms with E-state index in [0.717, 1.165) is 36.1 Å². The highest BCUT2D eigenvalue weighted by atomic mass is 16.2. The number of carbonyl (C=O) groups is 3. The lowest BCUT2D eigenvalue weighted by molar-refractivity contribution is -0.143. The molecular formula is C21H24N4O3. The van der Waals surface area contributed by atoms with E-state index in [4.69, 9.17) is 0 Å². The van der Waals surface area contributed by atoms with Crippen LogP contribution in [-0.2, 0) is 21.4 Å². The fourth-order valence-electron chi connectivity index (χ4n) is 4.33. The minimum absolute atomic E-state index is 0.196. The van der Waals surface area contributed by atoms with E-state index in [2.05, 4.69) is 10.3 Å². The highest BCUT2D eigenvalue weighted by Crippen LogP contribution is 2.37. The smallest absolute Gasteiger partial charge is 0.241 e. The van der Waals surface area contributed by atoms with Crippen molar-refractivity contribution in [2.75, 3.05) is 6.54 Å². The van der Waals surface area contributed by atoms with E-state index in [9.17, 15) is 14.4 Å². The van der Waals surface area contributed by atoms with Crippen molar-refractivity contribution in [3.8, 4) is 0 Å². The summed E-state index contributed by atoms with van der Waals surface area (Å²) in [6.45, 7) is -0.238. The summed E-state index contributed by atoms with van der Waals surface area (Å²) < 4.78 is 1.85. The molecule has 2 aliphatic rings. The Bertz CT molecular complexity index is 868. The van der Waals surface area contributed by atoms with Crippen LogP contribution in [0, 0.1) is 11.8 Å². The van der Waals surface area contributed by atoms with E-state index in [1.807, 2.05) is 48.1 Å². The second-order valence-corrected chi connectivity index (χ2v) is 7.57. The van der Waals surface area contributed by atoms with Gasteiger partial charge in [0.05, 0.1) is 11.8 Å². The van der Waals surface area contributed by atoms with Crippen LogP contribution in [0.3, 0.4) is 0 Å². The predicted octanol–water partition coefficient (Wildman–Crippen LogP) is 1.80. The highest BCUT2D eigenvalue weighted by molar-refractivity contribution is 6.07. The molecule has 2 aromatic rings. The largest absolute Gasteiger partial charge is 0.341 e. The summed E-state index contributed by atoms with van der Waals surface area (Å²) in [6.07, 6.45) is 6.91. The molecule has 0 bridgehead atoms. The number of likely N-dealkylation sites (tertiary alicyclic amines) is 1. The molecule has 7 heteroatoms. The van der Waals surface area contributed by atoms with Crippen molar-refractivity contribution in [2.45, 2.75) is 31.7 Å². The zero-order chi connectivity index (χ0) is 19.7. The van der Waals surface area contributed by atoms with Crippen LogP contribution in [0.25, 0.3) is 0 Å². The van der Waals surface area contributed by atoms with Crippen molar-refractivity contribution in [1.82, 2.24) is 19.8 Å². The lowest BCUT2D eigenvalue weighted by Crippen LogP contribution is -2.42. The Hall–Kier alpha value is -2.96. The zero-order valence-electron chi connectivity index (χ0n) is 15.9. The summed E-state index contributed by atoms with van der Waals surface area (Å²) in [6, 6.07) is 9.08. The maximum absolute atomic E-state index is 12.8. The molecule has 1 aromatic carbocycles. The van der Waals surface area contributed by atoms with Crippen LogP contribution in [0.4, 0.5) is 0 Å². The Labute approximate surface area is 163 Å². The number of imide groups is 1. The third-order valence-corrected chi connectivity index (χ3v) is 5.79. The Balaban J connectivity index is 1.52. The number of fused-ring (bicyclic) bond motifs is 1. The lowest BCUT2D eigenvalue weighted by Gasteiger charge is -2.21. The molecule has 1 aliphatic carbocycles. The van der Waals surface area contributed by atoms with Gasteiger partial charge in [0.1, 0.15) is 18.4 Å². The minimum atomic E-state index is -0.455. The maximum Gasteiger partial charge on any atom is 0.241 e. The fraction of sp³-hybridized carbons (Fsp3) is 0.429. The van der Waals surface area contributed by atoms with Crippen LogP contribution in [0.2, 0.25) is 0 Å². The van der Waals surface area contributed by atoms with Gasteiger partial charge in [-0.1, -0.05) is 43.2 Å². The van der Waals surface area contributed by atoms with Gasteiger partial charge < -0.3 is 9.88 Å². The summed E-state index contributed by atoms with van der Waals surface area (Å²) in [5.41, 5.74) is 0.887. The molecule has 1 saturated carbocycles. The molecule has 28 heavy (non-hydrogen) atoms. The first-order valence-electron chi connectivity index (χ1n) is 9.73. The number of aromatic nitrogens is 2.